The van der Waals surface area contributed by atoms with Crippen LogP contribution in [-0.2, 0) is 0 Å². The molecule has 2 nitrogen and oxygen atoms in total. The van der Waals surface area contributed by atoms with Crippen LogP contribution in [-0.4, -0.2) is 35.6 Å². The molecule has 0 aromatic rings. The Morgan fingerprint density at radius 2 is 2.00 bits per heavy atom. The zero-order valence-corrected chi connectivity index (χ0v) is 12.7. The molecule has 4 fully saturated rings. The Morgan fingerprint density at radius 1 is 1.16 bits per heavy atom. The summed E-state index contributed by atoms with van der Waals surface area (Å²) in [6.45, 7) is 7.44. The lowest BCUT2D eigenvalue weighted by atomic mass is 9.86. The smallest absolute Gasteiger partial charge is 0.0309 e. The Kier molecular flexibility index (Phi) is 2.97. The molecule has 3 saturated carbocycles. The zero-order valence-electron chi connectivity index (χ0n) is 12.7. The first kappa shape index (κ1) is 12.6. The van der Waals surface area contributed by atoms with Gasteiger partial charge in [0.1, 0.15) is 0 Å². The van der Waals surface area contributed by atoms with Gasteiger partial charge in [-0.2, -0.15) is 0 Å². The number of hydrogen-bond acceptors (Lipinski definition) is 2. The average Bonchev–Trinajstić information content (AvgIpc) is 3.09. The summed E-state index contributed by atoms with van der Waals surface area (Å²) < 4.78 is 0. The van der Waals surface area contributed by atoms with E-state index in [-0.39, 0.29) is 0 Å². The molecule has 1 aliphatic heterocycles. The van der Waals surface area contributed by atoms with Crippen molar-refractivity contribution in [3.8, 4) is 0 Å². The van der Waals surface area contributed by atoms with Gasteiger partial charge in [0.25, 0.3) is 0 Å². The van der Waals surface area contributed by atoms with Crippen LogP contribution in [0.1, 0.15) is 58.8 Å². The summed E-state index contributed by atoms with van der Waals surface area (Å²) in [6.07, 6.45) is 10.4. The maximum Gasteiger partial charge on any atom is 0.0309 e. The van der Waals surface area contributed by atoms with Crippen molar-refractivity contribution in [2.45, 2.75) is 76.4 Å². The molecule has 1 heterocycles. The minimum atomic E-state index is 0.424. The van der Waals surface area contributed by atoms with Gasteiger partial charge in [0.15, 0.2) is 0 Å². The summed E-state index contributed by atoms with van der Waals surface area (Å²) in [7, 11) is 0. The molecule has 1 saturated heterocycles. The second kappa shape index (κ2) is 4.46. The quantitative estimate of drug-likeness (QED) is 0.841. The van der Waals surface area contributed by atoms with Crippen molar-refractivity contribution in [1.29, 1.82) is 0 Å². The fourth-order valence-electron chi connectivity index (χ4n) is 5.41. The summed E-state index contributed by atoms with van der Waals surface area (Å²) in [5.41, 5.74) is 0.424. The van der Waals surface area contributed by atoms with Gasteiger partial charge < -0.3 is 5.32 Å². The second-order valence-corrected chi connectivity index (χ2v) is 8.05. The van der Waals surface area contributed by atoms with Crippen molar-refractivity contribution in [2.24, 2.45) is 17.8 Å². The first-order valence-electron chi connectivity index (χ1n) is 8.70. The van der Waals surface area contributed by atoms with E-state index in [1.54, 1.807) is 6.42 Å². The third-order valence-electron chi connectivity index (χ3n) is 6.80. The Morgan fingerprint density at radius 3 is 2.58 bits per heavy atom. The number of nitrogens with one attached hydrogen (secondary N) is 1. The molecule has 4 rings (SSSR count). The van der Waals surface area contributed by atoms with Crippen molar-refractivity contribution >= 4 is 0 Å². The van der Waals surface area contributed by atoms with Crippen LogP contribution in [0.2, 0.25) is 0 Å². The van der Waals surface area contributed by atoms with E-state index in [4.69, 9.17) is 0 Å². The van der Waals surface area contributed by atoms with Crippen molar-refractivity contribution in [3.05, 3.63) is 0 Å². The van der Waals surface area contributed by atoms with Crippen molar-refractivity contribution in [1.82, 2.24) is 10.2 Å². The Hall–Kier alpha value is -0.0800. The number of rotatable bonds is 3. The fraction of sp³-hybridized carbons (Fsp3) is 1.00. The average molecular weight is 262 g/mol. The topological polar surface area (TPSA) is 15.3 Å². The molecule has 19 heavy (non-hydrogen) atoms. The molecule has 1 N–H and O–H groups in total. The van der Waals surface area contributed by atoms with Crippen LogP contribution in [0, 0.1) is 17.8 Å². The van der Waals surface area contributed by atoms with E-state index in [0.717, 1.165) is 29.8 Å². The molecule has 5 atom stereocenters. The lowest BCUT2D eigenvalue weighted by Gasteiger charge is -2.50. The lowest BCUT2D eigenvalue weighted by Crippen LogP contribution is -2.66. The predicted molar refractivity (Wildman–Crippen MR) is 79.2 cm³/mol. The predicted octanol–water partition coefficient (Wildman–Crippen LogP) is 3.03. The van der Waals surface area contributed by atoms with E-state index >= 15 is 0 Å². The highest BCUT2D eigenvalue weighted by atomic mass is 15.3. The molecule has 2 heteroatoms. The lowest BCUT2D eigenvalue weighted by molar-refractivity contribution is 0.0163. The van der Waals surface area contributed by atoms with Gasteiger partial charge in [0.05, 0.1) is 0 Å². The molecule has 0 spiro atoms. The van der Waals surface area contributed by atoms with E-state index < -0.39 is 0 Å². The third-order valence-corrected chi connectivity index (χ3v) is 6.80. The van der Waals surface area contributed by atoms with E-state index in [2.05, 4.69) is 24.1 Å². The van der Waals surface area contributed by atoms with Crippen LogP contribution in [0.25, 0.3) is 0 Å². The van der Waals surface area contributed by atoms with Gasteiger partial charge in [-0.15, -0.1) is 0 Å². The van der Waals surface area contributed by atoms with Crippen LogP contribution < -0.4 is 5.32 Å². The third kappa shape index (κ3) is 2.06. The van der Waals surface area contributed by atoms with Crippen LogP contribution in [0.4, 0.5) is 0 Å². The monoisotopic (exact) mass is 262 g/mol. The molecular weight excluding hydrogens is 232 g/mol. The van der Waals surface area contributed by atoms with Gasteiger partial charge in [0.2, 0.25) is 0 Å². The molecule has 3 aliphatic carbocycles. The summed E-state index contributed by atoms with van der Waals surface area (Å²) >= 11 is 0. The first-order chi connectivity index (χ1) is 9.19. The zero-order chi connectivity index (χ0) is 13.0. The van der Waals surface area contributed by atoms with Gasteiger partial charge in [-0.05, 0) is 63.2 Å². The molecule has 0 aromatic heterocycles. The maximum absolute atomic E-state index is 3.91. The number of piperazine rings is 1. The summed E-state index contributed by atoms with van der Waals surface area (Å²) in [4.78, 5) is 2.96. The normalized spacial score (nSPS) is 50.8. The van der Waals surface area contributed by atoms with E-state index in [0.29, 0.717) is 5.54 Å². The SMILES string of the molecule is CCC1CNC(C)(C2CC2)CN1C1CC2CCC1C2. The van der Waals surface area contributed by atoms with Gasteiger partial charge in [-0.1, -0.05) is 13.3 Å². The highest BCUT2D eigenvalue weighted by Gasteiger charge is 2.50. The fourth-order valence-corrected chi connectivity index (χ4v) is 5.41. The Labute approximate surface area is 118 Å². The van der Waals surface area contributed by atoms with Gasteiger partial charge in [-0.25, -0.2) is 0 Å². The first-order valence-corrected chi connectivity index (χ1v) is 8.70. The number of fused-ring (bicyclic) bond motifs is 2. The Balaban J connectivity index is 1.53. The number of hydrogen-bond donors (Lipinski definition) is 1. The van der Waals surface area contributed by atoms with Crippen molar-refractivity contribution in [3.63, 3.8) is 0 Å². The second-order valence-electron chi connectivity index (χ2n) is 8.05. The summed E-state index contributed by atoms with van der Waals surface area (Å²) in [5, 5.41) is 3.91. The molecule has 0 aromatic carbocycles. The van der Waals surface area contributed by atoms with Gasteiger partial charge in [0, 0.05) is 30.7 Å². The molecule has 4 aliphatic rings. The highest BCUT2D eigenvalue weighted by Crippen LogP contribution is 2.49. The Bertz CT molecular complexity index is 351. The standard InChI is InChI=1S/C17H30N2/c1-3-15-10-18-17(2,14-6-7-14)11-19(15)16-9-12-4-5-13(16)8-12/h12-16,18H,3-11H2,1-2H3. The minimum Gasteiger partial charge on any atom is -0.308 e. The largest absolute Gasteiger partial charge is 0.308 e. The minimum absolute atomic E-state index is 0.424. The maximum atomic E-state index is 3.91. The van der Waals surface area contributed by atoms with Crippen LogP contribution >= 0.6 is 0 Å². The molecule has 0 radical (unpaired) electrons. The van der Waals surface area contributed by atoms with E-state index in [1.807, 2.05) is 0 Å². The molecule has 2 bridgehead atoms. The molecular formula is C17H30N2. The highest BCUT2D eigenvalue weighted by molar-refractivity contribution is 5.07. The van der Waals surface area contributed by atoms with Crippen molar-refractivity contribution < 1.29 is 0 Å². The van der Waals surface area contributed by atoms with E-state index in [1.165, 1.54) is 51.6 Å². The molecule has 108 valence electrons. The molecule has 5 unspecified atom stereocenters. The van der Waals surface area contributed by atoms with Crippen LogP contribution in [0.3, 0.4) is 0 Å². The van der Waals surface area contributed by atoms with Crippen LogP contribution in [0.15, 0.2) is 0 Å². The summed E-state index contributed by atoms with van der Waals surface area (Å²) in [5.74, 6) is 3.08. The molecule has 0 amide bonds. The number of nitrogens with zero attached hydrogens (tertiary/aromatic N) is 1. The summed E-state index contributed by atoms with van der Waals surface area (Å²) in [6, 6.07) is 1.74. The van der Waals surface area contributed by atoms with Crippen molar-refractivity contribution in [2.75, 3.05) is 13.1 Å². The van der Waals surface area contributed by atoms with Gasteiger partial charge in [-0.3, -0.25) is 4.90 Å². The van der Waals surface area contributed by atoms with Gasteiger partial charge >= 0.3 is 0 Å². The van der Waals surface area contributed by atoms with Crippen LogP contribution in [0.5, 0.6) is 0 Å². The van der Waals surface area contributed by atoms with E-state index in [9.17, 15) is 0 Å².